The van der Waals surface area contributed by atoms with E-state index in [1.54, 1.807) is 7.11 Å². The molecule has 3 rings (SSSR count). The summed E-state index contributed by atoms with van der Waals surface area (Å²) in [6.07, 6.45) is 5.23. The minimum atomic E-state index is -0.190. The topological polar surface area (TPSA) is 9.23 Å². The second-order valence-corrected chi connectivity index (χ2v) is 7.59. The first-order valence-corrected chi connectivity index (χ1v) is 9.34. The minimum Gasteiger partial charge on any atom is -0.380 e. The van der Waals surface area contributed by atoms with Crippen LogP contribution in [-0.2, 0) is 11.3 Å². The van der Waals surface area contributed by atoms with Crippen LogP contribution in [-0.4, -0.2) is 7.11 Å². The van der Waals surface area contributed by atoms with Gasteiger partial charge in [-0.25, -0.2) is 4.39 Å². The highest BCUT2D eigenvalue weighted by atomic mass is 31.0. The summed E-state index contributed by atoms with van der Waals surface area (Å²) in [5.41, 5.74) is 4.02. The molecule has 0 aliphatic heterocycles. The molecule has 0 saturated heterocycles. The molecule has 2 aromatic carbocycles. The van der Waals surface area contributed by atoms with Gasteiger partial charge >= 0.3 is 0 Å². The van der Waals surface area contributed by atoms with E-state index < -0.39 is 0 Å². The molecule has 0 bridgehead atoms. The van der Waals surface area contributed by atoms with Crippen molar-refractivity contribution in [3.63, 3.8) is 0 Å². The number of halogens is 1. The van der Waals surface area contributed by atoms with Crippen LogP contribution in [0.25, 0.3) is 11.1 Å². The average molecular weight is 344 g/mol. The van der Waals surface area contributed by atoms with Crippen molar-refractivity contribution in [3.8, 4) is 11.1 Å². The summed E-state index contributed by atoms with van der Waals surface area (Å²) in [5, 5.41) is 0.615. The van der Waals surface area contributed by atoms with Crippen LogP contribution in [0.2, 0.25) is 0 Å². The van der Waals surface area contributed by atoms with Crippen molar-refractivity contribution in [2.24, 2.45) is 5.92 Å². The van der Waals surface area contributed by atoms with Gasteiger partial charge in [-0.2, -0.15) is 0 Å². The lowest BCUT2D eigenvalue weighted by atomic mass is 9.79. The molecule has 0 radical (unpaired) electrons. The molecule has 0 amide bonds. The van der Waals surface area contributed by atoms with Crippen LogP contribution >= 0.6 is 9.24 Å². The largest absolute Gasteiger partial charge is 0.380 e. The molecule has 1 aliphatic carbocycles. The van der Waals surface area contributed by atoms with Crippen molar-refractivity contribution in [1.82, 2.24) is 0 Å². The van der Waals surface area contributed by atoms with Crippen LogP contribution in [0.5, 0.6) is 0 Å². The SMILES string of the molecule is COCc1ccc(-c2ccc(C3CCC(C)CC3)cc2)c(P)c1F. The fraction of sp³-hybridized carbons (Fsp3) is 0.429. The monoisotopic (exact) mass is 344 g/mol. The predicted molar refractivity (Wildman–Crippen MR) is 102 cm³/mol. The Bertz CT molecular complexity index is 688. The summed E-state index contributed by atoms with van der Waals surface area (Å²) in [6, 6.07) is 12.5. The Hall–Kier alpha value is -1.24. The fourth-order valence-electron chi connectivity index (χ4n) is 3.69. The molecule has 24 heavy (non-hydrogen) atoms. The zero-order valence-corrected chi connectivity index (χ0v) is 15.7. The lowest BCUT2D eigenvalue weighted by Gasteiger charge is -2.26. The smallest absolute Gasteiger partial charge is 0.136 e. The van der Waals surface area contributed by atoms with E-state index in [1.807, 2.05) is 12.1 Å². The summed E-state index contributed by atoms with van der Waals surface area (Å²) >= 11 is 0. The second kappa shape index (κ2) is 7.76. The molecule has 0 heterocycles. The normalized spacial score (nSPS) is 21.0. The lowest BCUT2D eigenvalue weighted by Crippen LogP contribution is -2.11. The fourth-order valence-corrected chi connectivity index (χ4v) is 4.13. The maximum atomic E-state index is 14.4. The zero-order chi connectivity index (χ0) is 17.1. The quantitative estimate of drug-likeness (QED) is 0.672. The van der Waals surface area contributed by atoms with E-state index in [0.717, 1.165) is 17.0 Å². The number of hydrogen-bond donors (Lipinski definition) is 0. The Labute approximate surface area is 146 Å². The highest BCUT2D eigenvalue weighted by Gasteiger charge is 2.19. The van der Waals surface area contributed by atoms with Crippen molar-refractivity contribution in [2.75, 3.05) is 7.11 Å². The summed E-state index contributed by atoms with van der Waals surface area (Å²) in [7, 11) is 4.13. The Morgan fingerprint density at radius 1 is 1.04 bits per heavy atom. The Kier molecular flexibility index (Phi) is 5.69. The molecule has 1 unspecified atom stereocenters. The molecule has 1 nitrogen and oxygen atoms in total. The third-order valence-electron chi connectivity index (χ3n) is 5.27. The summed E-state index contributed by atoms with van der Waals surface area (Å²) in [5.74, 6) is 1.37. The number of hydrogen-bond acceptors (Lipinski definition) is 1. The number of benzene rings is 2. The molecule has 1 aliphatic rings. The number of ether oxygens (including phenoxy) is 1. The van der Waals surface area contributed by atoms with Gasteiger partial charge in [-0.05, 0) is 41.4 Å². The van der Waals surface area contributed by atoms with Gasteiger partial charge in [0.2, 0.25) is 0 Å². The molecule has 2 aromatic rings. The van der Waals surface area contributed by atoms with Gasteiger partial charge in [-0.3, -0.25) is 0 Å². The van der Waals surface area contributed by atoms with Crippen molar-refractivity contribution in [3.05, 3.63) is 53.3 Å². The zero-order valence-electron chi connectivity index (χ0n) is 14.5. The third-order valence-corrected chi connectivity index (χ3v) is 5.83. The van der Waals surface area contributed by atoms with Crippen LogP contribution in [0.3, 0.4) is 0 Å². The molecular weight excluding hydrogens is 318 g/mol. The Morgan fingerprint density at radius 2 is 1.71 bits per heavy atom. The van der Waals surface area contributed by atoms with E-state index in [9.17, 15) is 4.39 Å². The highest BCUT2D eigenvalue weighted by Crippen LogP contribution is 2.36. The van der Waals surface area contributed by atoms with E-state index in [2.05, 4.69) is 40.4 Å². The molecule has 1 atom stereocenters. The Balaban J connectivity index is 1.82. The molecule has 1 saturated carbocycles. The van der Waals surface area contributed by atoms with E-state index in [-0.39, 0.29) is 5.82 Å². The van der Waals surface area contributed by atoms with Crippen molar-refractivity contribution in [1.29, 1.82) is 0 Å². The first kappa shape index (κ1) is 17.6. The summed E-state index contributed by atoms with van der Waals surface area (Å²) in [6.45, 7) is 2.65. The van der Waals surface area contributed by atoms with Gasteiger partial charge in [-0.1, -0.05) is 56.2 Å². The Morgan fingerprint density at radius 3 is 2.33 bits per heavy atom. The maximum absolute atomic E-state index is 14.4. The van der Waals surface area contributed by atoms with Crippen LogP contribution in [0.15, 0.2) is 36.4 Å². The predicted octanol–water partition coefficient (Wildman–Crippen LogP) is 5.43. The second-order valence-electron chi connectivity index (χ2n) is 7.01. The van der Waals surface area contributed by atoms with Gasteiger partial charge in [0.25, 0.3) is 0 Å². The van der Waals surface area contributed by atoms with Crippen LogP contribution in [0.4, 0.5) is 4.39 Å². The molecule has 1 fully saturated rings. The van der Waals surface area contributed by atoms with Gasteiger partial charge in [0.1, 0.15) is 5.82 Å². The number of methoxy groups -OCH3 is 1. The standard InChI is InChI=1S/C21H26FOP/c1-14-3-5-15(6-4-14)16-7-9-17(10-8-16)19-12-11-18(13-23-2)20(22)21(19)24/h7-12,14-15H,3-6,13,24H2,1-2H3. The summed E-state index contributed by atoms with van der Waals surface area (Å²) in [4.78, 5) is 0. The van der Waals surface area contributed by atoms with Gasteiger partial charge < -0.3 is 4.74 Å². The molecule has 0 N–H and O–H groups in total. The van der Waals surface area contributed by atoms with E-state index >= 15 is 0 Å². The molecule has 128 valence electrons. The van der Waals surface area contributed by atoms with E-state index in [1.165, 1.54) is 31.2 Å². The van der Waals surface area contributed by atoms with Crippen molar-refractivity contribution in [2.45, 2.75) is 45.1 Å². The van der Waals surface area contributed by atoms with Gasteiger partial charge in [-0.15, -0.1) is 9.24 Å². The van der Waals surface area contributed by atoms with Crippen molar-refractivity contribution < 1.29 is 9.13 Å². The average Bonchev–Trinajstić information content (AvgIpc) is 2.60. The highest BCUT2D eigenvalue weighted by molar-refractivity contribution is 7.28. The van der Waals surface area contributed by atoms with Crippen LogP contribution in [0.1, 0.15) is 49.7 Å². The first-order valence-electron chi connectivity index (χ1n) is 8.76. The number of rotatable bonds is 4. The first-order chi connectivity index (χ1) is 11.6. The summed E-state index contributed by atoms with van der Waals surface area (Å²) < 4.78 is 19.5. The molecule has 0 aromatic heterocycles. The van der Waals surface area contributed by atoms with Gasteiger partial charge in [0, 0.05) is 18.0 Å². The van der Waals surface area contributed by atoms with E-state index in [0.29, 0.717) is 23.4 Å². The van der Waals surface area contributed by atoms with Gasteiger partial charge in [0.05, 0.1) is 6.61 Å². The minimum absolute atomic E-state index is 0.190. The molecule has 3 heteroatoms. The third kappa shape index (κ3) is 3.71. The van der Waals surface area contributed by atoms with Crippen LogP contribution in [0, 0.1) is 11.7 Å². The van der Waals surface area contributed by atoms with E-state index in [4.69, 9.17) is 4.74 Å². The molecule has 0 spiro atoms. The maximum Gasteiger partial charge on any atom is 0.136 e. The lowest BCUT2D eigenvalue weighted by molar-refractivity contribution is 0.181. The van der Waals surface area contributed by atoms with Crippen LogP contribution < -0.4 is 5.30 Å². The van der Waals surface area contributed by atoms with Gasteiger partial charge in [0.15, 0.2) is 0 Å². The molecular formula is C21H26FOP. The van der Waals surface area contributed by atoms with Crippen molar-refractivity contribution >= 4 is 14.5 Å².